The summed E-state index contributed by atoms with van der Waals surface area (Å²) in [6.45, 7) is 36.4. The third-order valence-electron chi connectivity index (χ3n) is 19.0. The number of pyridine rings is 6. The quantitative estimate of drug-likeness (QED) is 0.0128. The maximum absolute atomic E-state index is 6.15. The molecule has 12 rings (SSSR count). The molecule has 0 saturated carbocycles. The maximum Gasteiger partial charge on any atom is 0.222 e. The van der Waals surface area contributed by atoms with E-state index < -0.39 is 0 Å². The summed E-state index contributed by atoms with van der Waals surface area (Å²) in [6.07, 6.45) is 32.7. The molecule has 0 fully saturated rings. The van der Waals surface area contributed by atoms with Crippen LogP contribution in [0.3, 0.4) is 0 Å². The van der Waals surface area contributed by atoms with Crippen LogP contribution >= 0.6 is 61.9 Å². The van der Waals surface area contributed by atoms with Gasteiger partial charge in [-0.2, -0.15) is 4.98 Å². The zero-order chi connectivity index (χ0) is 89.8. The number of anilines is 7. The van der Waals surface area contributed by atoms with E-state index in [0.29, 0.717) is 141 Å². The Balaban J connectivity index is 0.000000202. The Kier molecular flexibility index (Phi) is 38.1. The number of nitrogens with one attached hydrogen (secondary N) is 1. The van der Waals surface area contributed by atoms with Gasteiger partial charge in [-0.05, 0) is 209 Å². The normalized spacial score (nSPS) is 10.9. The Morgan fingerprint density at radius 2 is 0.803 bits per heavy atom. The highest BCUT2D eigenvalue weighted by Crippen LogP contribution is 2.36. The number of hydrogen-bond donors (Lipinski definition) is 7. The molecule has 13 N–H and O–H groups in total. The van der Waals surface area contributed by atoms with E-state index in [4.69, 9.17) is 61.9 Å². The molecule has 12 heterocycles. The number of nitrogens with two attached hydrogens (primary N) is 6. The first-order valence-corrected chi connectivity index (χ1v) is 43.3. The topological polar surface area (TPSA) is 422 Å². The minimum absolute atomic E-state index is 0.211. The predicted octanol–water partition coefficient (Wildman–Crippen LogP) is 17.5. The lowest BCUT2D eigenvalue weighted by Gasteiger charge is -2.17. The standard InChI is InChI=1S/C17H26N6OS.C16H18N4.C15H20N4O.C14H17BrN4.C14H17ClN4.C14H17IN4/c1-11(2)12-9-20-15(25-5)8-13(12)24-14-10-21-17(18)22-16(14)19-6-7-23(3)4;1-5-14-7-12(15(9-19-14)10(2)3)6-13-8-18-11(4)20-16(13)17;1-9(2)13-8-18-14(20-4)6-11(13)5-12-7-17-10(3)19-15(12)16;3*1-8(2)12-7-18-13(15)5-10(12)4-11-6-17-9(3)19-14(11)16/h8-11H,6-7H2,1-5H3,(H3,18,19,21,22);1,7-10H,6H2,2-4H3,(H2,17,18,20);6-9H,5H2,1-4H3,(H2,16,17,19);3*5-8H,4H2,1-3H3,(H2,16,17,19). The van der Waals surface area contributed by atoms with E-state index in [2.05, 4.69) is 234 Å². The fraction of sp³-hybridized carbons (Fsp3) is 0.378. The molecule has 122 heavy (non-hydrogen) atoms. The van der Waals surface area contributed by atoms with Crippen molar-refractivity contribution in [3.05, 3.63) is 248 Å². The van der Waals surface area contributed by atoms with Crippen molar-refractivity contribution in [3.8, 4) is 29.7 Å². The molecule has 0 aliphatic heterocycles. The Morgan fingerprint density at radius 1 is 0.434 bits per heavy atom. The van der Waals surface area contributed by atoms with Crippen LogP contribution in [0, 0.1) is 50.7 Å². The molecule has 0 aliphatic carbocycles. The molecule has 0 spiro atoms. The lowest BCUT2D eigenvalue weighted by Crippen LogP contribution is -2.21. The van der Waals surface area contributed by atoms with Crippen LogP contribution in [0.5, 0.6) is 17.4 Å². The molecule has 32 heteroatoms. The number of aryl methyl sites for hydroxylation is 5. The molecule has 0 aromatic carbocycles. The van der Waals surface area contributed by atoms with Gasteiger partial charge in [-0.3, -0.25) is 4.98 Å². The number of nitrogens with zero attached hydrogens (tertiary/aromatic N) is 19. The number of ether oxygens (including phenoxy) is 2. The monoisotopic (exact) mass is 1860 g/mol. The summed E-state index contributed by atoms with van der Waals surface area (Å²) in [5.41, 5.74) is 53.7. The summed E-state index contributed by atoms with van der Waals surface area (Å²) >= 11 is 13.2. The zero-order valence-corrected chi connectivity index (χ0v) is 79.0. The molecule has 0 atom stereocenters. The lowest BCUT2D eigenvalue weighted by molar-refractivity contribution is 0.397. The molecule has 644 valence electrons. The number of thioether (sulfide) groups is 1. The van der Waals surface area contributed by atoms with Crippen molar-refractivity contribution >= 4 is 103 Å². The minimum Gasteiger partial charge on any atom is -0.481 e. The van der Waals surface area contributed by atoms with Crippen molar-refractivity contribution in [2.24, 2.45) is 0 Å². The molecular formula is C90H115BrClIN26O2S. The smallest absolute Gasteiger partial charge is 0.222 e. The van der Waals surface area contributed by atoms with Gasteiger partial charge in [-0.25, -0.2) is 79.7 Å². The van der Waals surface area contributed by atoms with E-state index in [9.17, 15) is 0 Å². The van der Waals surface area contributed by atoms with Crippen molar-refractivity contribution in [1.82, 2.24) is 94.6 Å². The molecule has 12 aromatic rings. The first kappa shape index (κ1) is 98.1. The summed E-state index contributed by atoms with van der Waals surface area (Å²) in [6, 6.07) is 11.9. The predicted molar refractivity (Wildman–Crippen MR) is 505 cm³/mol. The van der Waals surface area contributed by atoms with Crippen molar-refractivity contribution in [2.75, 3.05) is 80.3 Å². The minimum atomic E-state index is 0.211. The largest absolute Gasteiger partial charge is 0.481 e. The van der Waals surface area contributed by atoms with Crippen LogP contribution in [-0.2, 0) is 32.1 Å². The summed E-state index contributed by atoms with van der Waals surface area (Å²) in [5.74, 6) is 13.7. The molecular weight excluding hydrogens is 1750 g/mol. The number of terminal acetylenes is 1. The van der Waals surface area contributed by atoms with Crippen LogP contribution < -0.4 is 49.2 Å². The molecule has 0 radical (unpaired) electrons. The van der Waals surface area contributed by atoms with Gasteiger partial charge in [0.15, 0.2) is 11.6 Å². The van der Waals surface area contributed by atoms with Crippen LogP contribution in [0.1, 0.15) is 242 Å². The summed E-state index contributed by atoms with van der Waals surface area (Å²) in [7, 11) is 5.65. The average Bonchev–Trinajstić information content (AvgIpc) is 0.842. The number of halogens is 3. The summed E-state index contributed by atoms with van der Waals surface area (Å²) in [4.78, 5) is 78.3. The van der Waals surface area contributed by atoms with Crippen LogP contribution in [0.2, 0.25) is 5.15 Å². The number of hydrogen-bond acceptors (Lipinski definition) is 29. The zero-order valence-electron chi connectivity index (χ0n) is 73.7. The first-order valence-electron chi connectivity index (χ1n) is 39.9. The van der Waals surface area contributed by atoms with Gasteiger partial charge in [0.05, 0.1) is 18.3 Å². The number of rotatable bonds is 24. The van der Waals surface area contributed by atoms with Crippen LogP contribution in [-0.4, -0.2) is 135 Å². The third-order valence-corrected chi connectivity index (χ3v) is 20.9. The van der Waals surface area contributed by atoms with Crippen molar-refractivity contribution in [2.45, 2.75) is 190 Å². The van der Waals surface area contributed by atoms with Gasteiger partial charge in [0.25, 0.3) is 0 Å². The lowest BCUT2D eigenvalue weighted by atomic mass is 9.94. The average molecular weight is 1870 g/mol. The van der Waals surface area contributed by atoms with Gasteiger partial charge in [0, 0.05) is 159 Å². The Hall–Kier alpha value is -11.1. The molecule has 0 bridgehead atoms. The third kappa shape index (κ3) is 30.2. The second kappa shape index (κ2) is 47.4. The van der Waals surface area contributed by atoms with E-state index in [-0.39, 0.29) is 5.95 Å². The van der Waals surface area contributed by atoms with Gasteiger partial charge in [-0.1, -0.05) is 101 Å². The van der Waals surface area contributed by atoms with E-state index in [1.54, 1.807) is 49.9 Å². The number of likely N-dealkylation sites (N-methyl/N-ethyl adjacent to an activating group) is 1. The highest BCUT2D eigenvalue weighted by atomic mass is 127. The molecule has 12 aromatic heterocycles. The first-order chi connectivity index (χ1) is 57.8. The van der Waals surface area contributed by atoms with Crippen molar-refractivity contribution in [3.63, 3.8) is 0 Å². The highest BCUT2D eigenvalue weighted by Gasteiger charge is 2.20. The van der Waals surface area contributed by atoms with E-state index >= 15 is 0 Å². The van der Waals surface area contributed by atoms with Crippen molar-refractivity contribution < 1.29 is 9.47 Å². The number of methoxy groups -OCH3 is 1. The van der Waals surface area contributed by atoms with Crippen molar-refractivity contribution in [1.29, 1.82) is 0 Å². The van der Waals surface area contributed by atoms with Gasteiger partial charge < -0.3 is 54.1 Å². The maximum atomic E-state index is 6.15. The Labute approximate surface area is 749 Å². The van der Waals surface area contributed by atoms with Crippen LogP contribution in [0.25, 0.3) is 0 Å². The molecule has 28 nitrogen and oxygen atoms in total. The molecule has 0 aliphatic rings. The van der Waals surface area contributed by atoms with Gasteiger partial charge >= 0.3 is 0 Å². The fourth-order valence-corrected chi connectivity index (χ4v) is 13.9. The molecule has 0 unspecified atom stereocenters. The van der Waals surface area contributed by atoms with Gasteiger partial charge in [0.1, 0.15) is 83.1 Å². The SMILES string of the molecule is C#Cc1cc(Cc2cnc(C)nc2N)c(C(C)C)cn1.COc1cc(Cc2cnc(C)nc2N)c(C(C)C)cn1.CSc1cc(Oc2cnc(N)nc2NCCN(C)C)c(C(C)C)cn1.Cc1ncc(Cc2cc(Br)ncc2C(C)C)c(N)n1.Cc1ncc(Cc2cc(Cl)ncc2C(C)C)c(N)n1.Cc1ncc(Cc2cc(I)ncc2C(C)C)c(N)n1. The molecule has 0 amide bonds. The second-order valence-corrected chi connectivity index (χ2v) is 34.1. The van der Waals surface area contributed by atoms with Crippen LogP contribution in [0.4, 0.5) is 40.9 Å². The summed E-state index contributed by atoms with van der Waals surface area (Å²) in [5, 5.41) is 4.66. The fourth-order valence-electron chi connectivity index (χ4n) is 12.4. The van der Waals surface area contributed by atoms with E-state index in [1.165, 1.54) is 38.9 Å². The highest BCUT2D eigenvalue weighted by molar-refractivity contribution is 14.1. The molecule has 0 saturated heterocycles. The van der Waals surface area contributed by atoms with E-state index in [0.717, 1.165) is 95.1 Å². The number of nitrogen functional groups attached to an aromatic ring is 6. The van der Waals surface area contributed by atoms with Gasteiger partial charge in [0.2, 0.25) is 11.8 Å². The Morgan fingerprint density at radius 3 is 1.20 bits per heavy atom. The summed E-state index contributed by atoms with van der Waals surface area (Å²) < 4.78 is 13.2. The van der Waals surface area contributed by atoms with Crippen LogP contribution in [0.15, 0.2) is 120 Å². The van der Waals surface area contributed by atoms with E-state index in [1.807, 2.05) is 129 Å². The van der Waals surface area contributed by atoms with Gasteiger partial charge in [-0.15, -0.1) is 18.2 Å². The number of aromatic nitrogens is 18. The Bertz CT molecular complexity index is 5260. The second-order valence-electron chi connectivity index (χ2n) is 30.9.